The number of methoxy groups -OCH3 is 1. The number of hydrogen-bond donors (Lipinski definition) is 1. The highest BCUT2D eigenvalue weighted by atomic mass is 19.4. The molecule has 29 heavy (non-hydrogen) atoms. The molecule has 8 nitrogen and oxygen atoms in total. The highest BCUT2D eigenvalue weighted by Crippen LogP contribution is 2.32. The van der Waals surface area contributed by atoms with Crippen molar-refractivity contribution in [1.82, 2.24) is 19.6 Å². The zero-order valence-corrected chi connectivity index (χ0v) is 14.8. The number of benzene rings is 1. The number of anilines is 1. The van der Waals surface area contributed by atoms with Gasteiger partial charge in [0.2, 0.25) is 5.82 Å². The molecule has 11 heteroatoms. The van der Waals surface area contributed by atoms with Crippen LogP contribution in [-0.2, 0) is 6.18 Å². The third-order valence-electron chi connectivity index (χ3n) is 3.93. The van der Waals surface area contributed by atoms with Gasteiger partial charge < -0.3 is 14.5 Å². The van der Waals surface area contributed by atoms with Gasteiger partial charge in [-0.3, -0.25) is 4.79 Å². The topological polar surface area (TPSA) is 94.5 Å². The van der Waals surface area contributed by atoms with Gasteiger partial charge in [-0.15, -0.1) is 5.10 Å². The van der Waals surface area contributed by atoms with Gasteiger partial charge in [-0.05, 0) is 42.5 Å². The van der Waals surface area contributed by atoms with Gasteiger partial charge in [0.25, 0.3) is 11.7 Å². The predicted octanol–water partition coefficient (Wildman–Crippen LogP) is 3.66. The lowest BCUT2D eigenvalue weighted by Gasteiger charge is -2.09. The zero-order chi connectivity index (χ0) is 20.6. The van der Waals surface area contributed by atoms with Crippen molar-refractivity contribution in [2.75, 3.05) is 12.4 Å². The van der Waals surface area contributed by atoms with Crippen molar-refractivity contribution in [3.05, 3.63) is 60.2 Å². The van der Waals surface area contributed by atoms with Gasteiger partial charge in [0, 0.05) is 5.69 Å². The maximum absolute atomic E-state index is 13.5. The number of carbonyl (C=O) groups excluding carboxylic acids is 1. The average Bonchev–Trinajstić information content (AvgIpc) is 3.36. The minimum Gasteiger partial charge on any atom is -0.497 e. The number of fused-ring (bicyclic) bond motifs is 1. The van der Waals surface area contributed by atoms with Crippen molar-refractivity contribution < 1.29 is 27.1 Å². The fraction of sp³-hybridized carbons (Fsp3) is 0.111. The minimum atomic E-state index is -4.75. The first-order valence-corrected chi connectivity index (χ1v) is 8.19. The molecule has 4 aromatic rings. The highest BCUT2D eigenvalue weighted by Gasteiger charge is 2.36. The van der Waals surface area contributed by atoms with E-state index in [4.69, 9.17) is 9.15 Å². The second kappa shape index (κ2) is 6.93. The Bertz CT molecular complexity index is 1170. The molecule has 148 valence electrons. The number of amides is 1. The van der Waals surface area contributed by atoms with E-state index in [-0.39, 0.29) is 17.2 Å². The van der Waals surface area contributed by atoms with E-state index in [1.165, 1.54) is 25.5 Å². The fourth-order valence-corrected chi connectivity index (χ4v) is 2.58. The van der Waals surface area contributed by atoms with Crippen molar-refractivity contribution in [2.24, 2.45) is 0 Å². The van der Waals surface area contributed by atoms with Crippen LogP contribution in [0.25, 0.3) is 17.2 Å². The summed E-state index contributed by atoms with van der Waals surface area (Å²) in [7, 11) is 1.50. The summed E-state index contributed by atoms with van der Waals surface area (Å²) < 4.78 is 51.1. The summed E-state index contributed by atoms with van der Waals surface area (Å²) in [6, 6.07) is 10.1. The van der Waals surface area contributed by atoms with Crippen LogP contribution in [0.5, 0.6) is 5.75 Å². The minimum absolute atomic E-state index is 0.0793. The van der Waals surface area contributed by atoms with Crippen LogP contribution in [-0.4, -0.2) is 32.6 Å². The van der Waals surface area contributed by atoms with E-state index >= 15 is 0 Å². The Morgan fingerprint density at radius 2 is 1.93 bits per heavy atom. The van der Waals surface area contributed by atoms with Crippen molar-refractivity contribution in [3.8, 4) is 17.2 Å². The summed E-state index contributed by atoms with van der Waals surface area (Å²) in [5, 5.41) is 6.20. The predicted molar refractivity (Wildman–Crippen MR) is 94.4 cm³/mol. The average molecular weight is 403 g/mol. The number of carbonyl (C=O) groups is 1. The molecule has 1 N–H and O–H groups in total. The van der Waals surface area contributed by atoms with Gasteiger partial charge in [0.15, 0.2) is 11.5 Å². The van der Waals surface area contributed by atoms with Crippen molar-refractivity contribution in [1.29, 1.82) is 0 Å². The van der Waals surface area contributed by atoms with E-state index in [1.54, 1.807) is 24.3 Å². The number of nitrogens with zero attached hydrogens (tertiary/aromatic N) is 4. The van der Waals surface area contributed by atoms with E-state index in [2.05, 4.69) is 20.4 Å². The lowest BCUT2D eigenvalue weighted by Crippen LogP contribution is -2.16. The highest BCUT2D eigenvalue weighted by molar-refractivity contribution is 6.01. The molecule has 0 bridgehead atoms. The van der Waals surface area contributed by atoms with E-state index in [9.17, 15) is 18.0 Å². The quantitative estimate of drug-likeness (QED) is 0.559. The Balaban J connectivity index is 1.73. The molecule has 0 radical (unpaired) electrons. The monoisotopic (exact) mass is 403 g/mol. The van der Waals surface area contributed by atoms with Gasteiger partial charge in [-0.25, -0.2) is 4.98 Å². The molecule has 0 fully saturated rings. The smallest absolute Gasteiger partial charge is 0.433 e. The first-order chi connectivity index (χ1) is 13.8. The van der Waals surface area contributed by atoms with Crippen LogP contribution in [0.2, 0.25) is 0 Å². The third-order valence-corrected chi connectivity index (χ3v) is 3.93. The molecule has 0 saturated heterocycles. The number of nitrogens with one attached hydrogen (secondary N) is 1. The maximum Gasteiger partial charge on any atom is 0.433 e. The van der Waals surface area contributed by atoms with Gasteiger partial charge in [-0.2, -0.15) is 22.7 Å². The number of hydrogen-bond acceptors (Lipinski definition) is 6. The maximum atomic E-state index is 13.5. The molecule has 4 rings (SSSR count). The third kappa shape index (κ3) is 3.61. The van der Waals surface area contributed by atoms with Crippen LogP contribution < -0.4 is 10.1 Å². The lowest BCUT2D eigenvalue weighted by atomic mass is 10.2. The van der Waals surface area contributed by atoms with Crippen molar-refractivity contribution in [2.45, 2.75) is 6.18 Å². The van der Waals surface area contributed by atoms with Gasteiger partial charge >= 0.3 is 6.18 Å². The summed E-state index contributed by atoms with van der Waals surface area (Å²) in [6.07, 6.45) is -3.44. The largest absolute Gasteiger partial charge is 0.497 e. The Morgan fingerprint density at radius 1 is 1.17 bits per heavy atom. The second-order valence-corrected chi connectivity index (χ2v) is 5.83. The Labute approximate surface area is 161 Å². The van der Waals surface area contributed by atoms with Crippen LogP contribution in [0.15, 0.2) is 53.1 Å². The lowest BCUT2D eigenvalue weighted by molar-refractivity contribution is -0.142. The van der Waals surface area contributed by atoms with Gasteiger partial charge in [-0.1, -0.05) is 0 Å². The molecule has 0 aliphatic carbocycles. The number of alkyl halides is 3. The Hall–Kier alpha value is -3.89. The molecule has 0 aliphatic heterocycles. The first-order valence-electron chi connectivity index (χ1n) is 8.19. The van der Waals surface area contributed by atoms with Crippen LogP contribution >= 0.6 is 0 Å². The molecule has 0 atom stereocenters. The van der Waals surface area contributed by atoms with E-state index in [0.717, 1.165) is 6.07 Å². The number of rotatable bonds is 4. The molecule has 1 amide bonds. The van der Waals surface area contributed by atoms with E-state index < -0.39 is 23.6 Å². The molecule has 0 saturated carbocycles. The van der Waals surface area contributed by atoms with Crippen LogP contribution in [0.4, 0.5) is 18.9 Å². The summed E-state index contributed by atoms with van der Waals surface area (Å²) in [5.41, 5.74) is -0.816. The normalized spacial score (nSPS) is 11.6. The van der Waals surface area contributed by atoms with Crippen molar-refractivity contribution in [3.63, 3.8) is 0 Å². The van der Waals surface area contributed by atoms with Gasteiger partial charge in [0.1, 0.15) is 11.4 Å². The summed E-state index contributed by atoms with van der Waals surface area (Å²) in [4.78, 5) is 20.3. The standard InChI is InChI=1S/C18H12F3N5O3/c1-28-11-6-4-10(5-7-11)22-16(27)15-24-17-23-12(13-3-2-8-29-13)9-14(18(19,20)21)26(17)25-15/h2-9H,1H3,(H,22,27). The first kappa shape index (κ1) is 18.5. The molecule has 1 aromatic carbocycles. The Kier molecular flexibility index (Phi) is 4.41. The number of furan rings is 1. The fourth-order valence-electron chi connectivity index (χ4n) is 2.58. The zero-order valence-electron chi connectivity index (χ0n) is 14.8. The SMILES string of the molecule is COc1ccc(NC(=O)c2nc3nc(-c4ccco4)cc(C(F)(F)F)n3n2)cc1. The number of ether oxygens (including phenoxy) is 1. The van der Waals surface area contributed by atoms with Crippen molar-refractivity contribution >= 4 is 17.4 Å². The molecular weight excluding hydrogens is 391 g/mol. The number of halogens is 3. The van der Waals surface area contributed by atoms with Crippen LogP contribution in [0.1, 0.15) is 16.3 Å². The van der Waals surface area contributed by atoms with Gasteiger partial charge in [0.05, 0.1) is 13.4 Å². The number of aromatic nitrogens is 4. The summed E-state index contributed by atoms with van der Waals surface area (Å²) in [5.74, 6) is -0.918. The molecule has 3 heterocycles. The van der Waals surface area contributed by atoms with E-state index in [1.807, 2.05) is 0 Å². The van der Waals surface area contributed by atoms with Crippen LogP contribution in [0, 0.1) is 0 Å². The Morgan fingerprint density at radius 3 is 2.55 bits per heavy atom. The van der Waals surface area contributed by atoms with Crippen LogP contribution in [0.3, 0.4) is 0 Å². The molecule has 3 aromatic heterocycles. The van der Waals surface area contributed by atoms with E-state index in [0.29, 0.717) is 16.0 Å². The molecule has 0 aliphatic rings. The molecular formula is C18H12F3N5O3. The molecule has 0 unspecified atom stereocenters. The summed E-state index contributed by atoms with van der Waals surface area (Å²) >= 11 is 0. The second-order valence-electron chi connectivity index (χ2n) is 5.83. The summed E-state index contributed by atoms with van der Waals surface area (Å²) in [6.45, 7) is 0. The molecule has 0 spiro atoms.